The van der Waals surface area contributed by atoms with Gasteiger partial charge >= 0.3 is 0 Å². The molecule has 1 aromatic heterocycles. The van der Waals surface area contributed by atoms with Crippen molar-refractivity contribution in [3.05, 3.63) is 24.3 Å². The summed E-state index contributed by atoms with van der Waals surface area (Å²) in [5.74, 6) is 0.0158. The molecule has 0 spiro atoms. The number of hydrogen-bond acceptors (Lipinski definition) is 4. The average Bonchev–Trinajstić information content (AvgIpc) is 2.40. The number of aromatic nitrogens is 2. The molecule has 5 nitrogen and oxygen atoms in total. The lowest BCUT2D eigenvalue weighted by atomic mass is 9.90. The van der Waals surface area contributed by atoms with Gasteiger partial charge in [-0.2, -0.15) is 0 Å². The fraction of sp³-hybridized carbons (Fsp3) is 0.615. The minimum Gasteiger partial charge on any atom is -0.388 e. The molecule has 2 rings (SSSR count). The van der Waals surface area contributed by atoms with E-state index < -0.39 is 5.60 Å². The van der Waals surface area contributed by atoms with Gasteiger partial charge in [-0.05, 0) is 19.3 Å². The molecule has 0 saturated carbocycles. The summed E-state index contributed by atoms with van der Waals surface area (Å²) < 4.78 is 0. The van der Waals surface area contributed by atoms with Crippen LogP contribution in [0.15, 0.2) is 18.6 Å². The summed E-state index contributed by atoms with van der Waals surface area (Å²) in [4.78, 5) is 21.9. The maximum Gasteiger partial charge on any atom is 0.228 e. The van der Waals surface area contributed by atoms with Crippen molar-refractivity contribution in [3.8, 4) is 0 Å². The molecular weight excluding hydrogens is 230 g/mol. The van der Waals surface area contributed by atoms with Crippen LogP contribution in [0, 0.1) is 0 Å². The third-order valence-corrected chi connectivity index (χ3v) is 3.52. The molecule has 0 aliphatic carbocycles. The molecule has 1 N–H and O–H groups in total. The van der Waals surface area contributed by atoms with Crippen molar-refractivity contribution in [1.29, 1.82) is 0 Å². The summed E-state index contributed by atoms with van der Waals surface area (Å²) >= 11 is 0. The van der Waals surface area contributed by atoms with Gasteiger partial charge in [-0.25, -0.2) is 0 Å². The Morgan fingerprint density at radius 2 is 2.39 bits per heavy atom. The van der Waals surface area contributed by atoms with Gasteiger partial charge in [-0.15, -0.1) is 0 Å². The third-order valence-electron chi connectivity index (χ3n) is 3.52. The molecule has 1 aliphatic heterocycles. The number of likely N-dealkylation sites (tertiary alicyclic amines) is 1. The van der Waals surface area contributed by atoms with Crippen molar-refractivity contribution in [2.75, 3.05) is 13.1 Å². The SMILES string of the molecule is CCC1(O)CCCN(C(=O)Cc2cnccn2)C1. The van der Waals surface area contributed by atoms with Crippen molar-refractivity contribution >= 4 is 5.91 Å². The van der Waals surface area contributed by atoms with Gasteiger partial charge in [-0.1, -0.05) is 6.92 Å². The van der Waals surface area contributed by atoms with Gasteiger partial charge in [0.2, 0.25) is 5.91 Å². The monoisotopic (exact) mass is 249 g/mol. The minimum absolute atomic E-state index is 0.0158. The first kappa shape index (κ1) is 13.0. The molecular formula is C13H19N3O2. The molecule has 1 saturated heterocycles. The first-order chi connectivity index (χ1) is 8.63. The van der Waals surface area contributed by atoms with E-state index in [1.807, 2.05) is 6.92 Å². The standard InChI is InChI=1S/C13H19N3O2/c1-2-13(18)4-3-7-16(10-13)12(17)8-11-9-14-5-6-15-11/h5-6,9,18H,2-4,7-8,10H2,1H3. The van der Waals surface area contributed by atoms with E-state index in [-0.39, 0.29) is 12.3 Å². The van der Waals surface area contributed by atoms with Crippen LogP contribution in [0.1, 0.15) is 31.9 Å². The Labute approximate surface area is 107 Å². The van der Waals surface area contributed by atoms with Gasteiger partial charge in [0.05, 0.1) is 17.7 Å². The van der Waals surface area contributed by atoms with Gasteiger partial charge in [0.25, 0.3) is 0 Å². The number of nitrogens with zero attached hydrogens (tertiary/aromatic N) is 3. The summed E-state index contributed by atoms with van der Waals surface area (Å²) in [5.41, 5.74) is -0.0378. The molecule has 1 amide bonds. The van der Waals surface area contributed by atoms with Crippen LogP contribution in [0.3, 0.4) is 0 Å². The van der Waals surface area contributed by atoms with Crippen LogP contribution in [0.4, 0.5) is 0 Å². The van der Waals surface area contributed by atoms with E-state index in [0.717, 1.165) is 19.4 Å². The zero-order valence-electron chi connectivity index (χ0n) is 10.7. The molecule has 1 atom stereocenters. The Morgan fingerprint density at radius 1 is 1.56 bits per heavy atom. The summed E-state index contributed by atoms with van der Waals surface area (Å²) in [6.07, 6.45) is 7.35. The highest BCUT2D eigenvalue weighted by molar-refractivity contribution is 5.78. The highest BCUT2D eigenvalue weighted by atomic mass is 16.3. The second-order valence-electron chi connectivity index (χ2n) is 4.87. The number of hydrogen-bond donors (Lipinski definition) is 1. The smallest absolute Gasteiger partial charge is 0.228 e. The number of aliphatic hydroxyl groups is 1. The van der Waals surface area contributed by atoms with Gasteiger partial charge in [0.15, 0.2) is 0 Å². The van der Waals surface area contributed by atoms with Crippen LogP contribution in [-0.2, 0) is 11.2 Å². The van der Waals surface area contributed by atoms with E-state index in [4.69, 9.17) is 0 Å². The molecule has 98 valence electrons. The van der Waals surface area contributed by atoms with E-state index in [1.54, 1.807) is 23.5 Å². The molecule has 0 radical (unpaired) electrons. The highest BCUT2D eigenvalue weighted by Crippen LogP contribution is 2.24. The normalized spacial score (nSPS) is 24.0. The van der Waals surface area contributed by atoms with Gasteiger partial charge in [0.1, 0.15) is 0 Å². The maximum atomic E-state index is 12.1. The second-order valence-corrected chi connectivity index (χ2v) is 4.87. The van der Waals surface area contributed by atoms with Crippen LogP contribution < -0.4 is 0 Å². The Bertz CT molecular complexity index is 410. The van der Waals surface area contributed by atoms with E-state index >= 15 is 0 Å². The summed E-state index contributed by atoms with van der Waals surface area (Å²) in [7, 11) is 0. The van der Waals surface area contributed by atoms with Gasteiger partial charge in [-0.3, -0.25) is 14.8 Å². The van der Waals surface area contributed by atoms with Crippen molar-refractivity contribution < 1.29 is 9.90 Å². The predicted molar refractivity (Wildman–Crippen MR) is 66.8 cm³/mol. The van der Waals surface area contributed by atoms with Gasteiger partial charge < -0.3 is 10.0 Å². The van der Waals surface area contributed by atoms with E-state index in [1.165, 1.54) is 0 Å². The minimum atomic E-state index is -0.712. The highest BCUT2D eigenvalue weighted by Gasteiger charge is 2.33. The number of rotatable bonds is 3. The molecule has 1 unspecified atom stereocenters. The van der Waals surface area contributed by atoms with Crippen molar-refractivity contribution in [2.24, 2.45) is 0 Å². The number of piperidine rings is 1. The number of carbonyl (C=O) groups excluding carboxylic acids is 1. The van der Waals surface area contributed by atoms with Crippen LogP contribution in [0.5, 0.6) is 0 Å². The molecule has 1 aromatic rings. The lowest BCUT2D eigenvalue weighted by molar-refractivity contribution is -0.137. The number of carbonyl (C=O) groups is 1. The van der Waals surface area contributed by atoms with Crippen LogP contribution >= 0.6 is 0 Å². The van der Waals surface area contributed by atoms with Crippen molar-refractivity contribution in [2.45, 2.75) is 38.2 Å². The predicted octanol–water partition coefficient (Wildman–Crippen LogP) is 0.783. The number of β-amino-alcohol motifs (C(OH)–C–C–N with tert-alkyl or cyclic N) is 1. The lowest BCUT2D eigenvalue weighted by Crippen LogP contribution is -2.50. The molecule has 5 heteroatoms. The maximum absolute atomic E-state index is 12.1. The summed E-state index contributed by atoms with van der Waals surface area (Å²) in [5, 5.41) is 10.2. The first-order valence-electron chi connectivity index (χ1n) is 6.38. The summed E-state index contributed by atoms with van der Waals surface area (Å²) in [6, 6.07) is 0. The number of amides is 1. The Hall–Kier alpha value is -1.49. The molecule has 2 heterocycles. The van der Waals surface area contributed by atoms with Crippen molar-refractivity contribution in [1.82, 2.24) is 14.9 Å². The first-order valence-corrected chi connectivity index (χ1v) is 6.38. The Balaban J connectivity index is 1.97. The molecule has 1 aliphatic rings. The van der Waals surface area contributed by atoms with E-state index in [0.29, 0.717) is 18.7 Å². The third kappa shape index (κ3) is 3.04. The summed E-state index contributed by atoms with van der Waals surface area (Å²) in [6.45, 7) is 3.11. The average molecular weight is 249 g/mol. The largest absolute Gasteiger partial charge is 0.388 e. The zero-order valence-corrected chi connectivity index (χ0v) is 10.7. The quantitative estimate of drug-likeness (QED) is 0.859. The molecule has 18 heavy (non-hydrogen) atoms. The Morgan fingerprint density at radius 3 is 3.06 bits per heavy atom. The fourth-order valence-corrected chi connectivity index (χ4v) is 2.30. The topological polar surface area (TPSA) is 66.3 Å². The van der Waals surface area contributed by atoms with Crippen LogP contribution in [0.2, 0.25) is 0 Å². The van der Waals surface area contributed by atoms with E-state index in [9.17, 15) is 9.90 Å². The Kier molecular flexibility index (Phi) is 3.91. The zero-order chi connectivity index (χ0) is 13.0. The second kappa shape index (κ2) is 5.44. The molecule has 0 aromatic carbocycles. The van der Waals surface area contributed by atoms with E-state index in [2.05, 4.69) is 9.97 Å². The van der Waals surface area contributed by atoms with Gasteiger partial charge in [0, 0.05) is 31.7 Å². The van der Waals surface area contributed by atoms with Crippen molar-refractivity contribution in [3.63, 3.8) is 0 Å². The fourth-order valence-electron chi connectivity index (χ4n) is 2.30. The van der Waals surface area contributed by atoms with Crippen LogP contribution in [0.25, 0.3) is 0 Å². The lowest BCUT2D eigenvalue weighted by Gasteiger charge is -2.38. The molecule has 1 fully saturated rings. The molecule has 0 bridgehead atoms. The van der Waals surface area contributed by atoms with Crippen LogP contribution in [-0.4, -0.2) is 44.6 Å².